The summed E-state index contributed by atoms with van der Waals surface area (Å²) in [5.74, 6) is 0.589. The molecule has 18 heavy (non-hydrogen) atoms. The van der Waals surface area contributed by atoms with E-state index in [2.05, 4.69) is 9.97 Å². The second-order valence-corrected chi connectivity index (χ2v) is 4.96. The Hall–Kier alpha value is -1.69. The minimum Gasteiger partial charge on any atom is -0.388 e. The first-order valence-corrected chi connectivity index (χ1v) is 6.10. The van der Waals surface area contributed by atoms with Gasteiger partial charge in [-0.3, -0.25) is 5.41 Å². The van der Waals surface area contributed by atoms with E-state index < -0.39 is 5.60 Å². The highest BCUT2D eigenvalue weighted by atomic mass is 16.3. The van der Waals surface area contributed by atoms with E-state index in [1.807, 2.05) is 11.9 Å². The quantitative estimate of drug-likeness (QED) is 0.533. The van der Waals surface area contributed by atoms with E-state index in [0.29, 0.717) is 18.1 Å². The maximum Gasteiger partial charge on any atom is 0.146 e. The highest BCUT2D eigenvalue weighted by Crippen LogP contribution is 2.30. The van der Waals surface area contributed by atoms with Gasteiger partial charge in [-0.2, -0.15) is 0 Å². The van der Waals surface area contributed by atoms with Crippen LogP contribution in [0, 0.1) is 5.41 Å². The molecule has 6 heteroatoms. The van der Waals surface area contributed by atoms with Crippen molar-refractivity contribution in [3.63, 3.8) is 0 Å². The molecular formula is C12H19N5O. The van der Waals surface area contributed by atoms with Crippen LogP contribution < -0.4 is 10.6 Å². The minimum atomic E-state index is -0.602. The number of nitrogen functional groups attached to an aromatic ring is 1. The van der Waals surface area contributed by atoms with Crippen LogP contribution in [0.25, 0.3) is 0 Å². The lowest BCUT2D eigenvalue weighted by Gasteiger charge is -2.29. The van der Waals surface area contributed by atoms with E-state index in [4.69, 9.17) is 11.1 Å². The van der Waals surface area contributed by atoms with Gasteiger partial charge in [-0.15, -0.1) is 0 Å². The fourth-order valence-electron chi connectivity index (χ4n) is 2.37. The van der Waals surface area contributed by atoms with Crippen LogP contribution in [0.5, 0.6) is 0 Å². The van der Waals surface area contributed by atoms with Crippen LogP contribution in [0.1, 0.15) is 31.4 Å². The topological polar surface area (TPSA) is 99.1 Å². The van der Waals surface area contributed by atoms with Crippen molar-refractivity contribution < 1.29 is 5.11 Å². The predicted octanol–water partition coefficient (Wildman–Crippen LogP) is 0.502. The van der Waals surface area contributed by atoms with Crippen molar-refractivity contribution in [3.05, 3.63) is 18.1 Å². The molecule has 6 nitrogen and oxygen atoms in total. The van der Waals surface area contributed by atoms with Gasteiger partial charge in [-0.25, -0.2) is 9.97 Å². The number of aromatic nitrogens is 2. The fourth-order valence-corrected chi connectivity index (χ4v) is 2.37. The largest absolute Gasteiger partial charge is 0.388 e. The van der Waals surface area contributed by atoms with Gasteiger partial charge in [0.25, 0.3) is 0 Å². The van der Waals surface area contributed by atoms with Gasteiger partial charge in [0.1, 0.15) is 17.3 Å². The van der Waals surface area contributed by atoms with Gasteiger partial charge >= 0.3 is 0 Å². The Morgan fingerprint density at radius 1 is 1.44 bits per heavy atom. The summed E-state index contributed by atoms with van der Waals surface area (Å²) in [7, 11) is 1.88. The summed E-state index contributed by atoms with van der Waals surface area (Å²) >= 11 is 0. The van der Waals surface area contributed by atoms with Gasteiger partial charge < -0.3 is 15.7 Å². The van der Waals surface area contributed by atoms with Crippen molar-refractivity contribution in [2.75, 3.05) is 18.5 Å². The average Bonchev–Trinajstić information content (AvgIpc) is 2.76. The third kappa shape index (κ3) is 2.76. The summed E-state index contributed by atoms with van der Waals surface area (Å²) in [6.07, 6.45) is 6.91. The normalized spacial score (nSPS) is 17.7. The molecule has 0 amide bonds. The van der Waals surface area contributed by atoms with Crippen molar-refractivity contribution in [1.29, 1.82) is 5.41 Å². The molecule has 1 aliphatic carbocycles. The molecule has 1 aromatic rings. The van der Waals surface area contributed by atoms with E-state index in [9.17, 15) is 5.11 Å². The van der Waals surface area contributed by atoms with E-state index in [1.54, 1.807) is 6.20 Å². The Bertz CT molecular complexity index is 425. The molecule has 1 fully saturated rings. The number of nitrogens with two attached hydrogens (primary N) is 1. The third-order valence-corrected chi connectivity index (χ3v) is 3.37. The van der Waals surface area contributed by atoms with Gasteiger partial charge in [0, 0.05) is 13.6 Å². The summed E-state index contributed by atoms with van der Waals surface area (Å²) in [5, 5.41) is 17.6. The Kier molecular flexibility index (Phi) is 3.47. The van der Waals surface area contributed by atoms with Crippen LogP contribution in [0.2, 0.25) is 0 Å². The summed E-state index contributed by atoms with van der Waals surface area (Å²) < 4.78 is 0. The summed E-state index contributed by atoms with van der Waals surface area (Å²) in [5.41, 5.74) is 5.09. The van der Waals surface area contributed by atoms with Crippen molar-refractivity contribution >= 4 is 11.7 Å². The number of rotatable bonds is 4. The number of hydrogen-bond donors (Lipinski definition) is 3. The van der Waals surface area contributed by atoms with Gasteiger partial charge in [-0.1, -0.05) is 12.8 Å². The number of aliphatic hydroxyl groups is 1. The lowest BCUT2D eigenvalue weighted by atomic mass is 10.0. The van der Waals surface area contributed by atoms with E-state index >= 15 is 0 Å². The van der Waals surface area contributed by atoms with Gasteiger partial charge in [0.15, 0.2) is 0 Å². The van der Waals surface area contributed by atoms with Crippen molar-refractivity contribution in [2.45, 2.75) is 31.3 Å². The molecule has 0 aliphatic heterocycles. The average molecular weight is 249 g/mol. The number of likely N-dealkylation sites (N-methyl/N-ethyl adjacent to an activating group) is 1. The Morgan fingerprint density at radius 2 is 2.11 bits per heavy atom. The monoisotopic (exact) mass is 249 g/mol. The van der Waals surface area contributed by atoms with E-state index in [0.717, 1.165) is 25.7 Å². The fraction of sp³-hybridized carbons (Fsp3) is 0.583. The van der Waals surface area contributed by atoms with E-state index in [1.165, 1.54) is 6.20 Å². The molecule has 0 atom stereocenters. The second kappa shape index (κ2) is 4.89. The molecule has 0 bridgehead atoms. The first kappa shape index (κ1) is 12.8. The SMILES string of the molecule is CN(CC1(O)CCCC1)c1cnc(C(=N)N)cn1. The lowest BCUT2D eigenvalue weighted by molar-refractivity contribution is 0.0558. The van der Waals surface area contributed by atoms with Crippen LogP contribution in [-0.2, 0) is 0 Å². The lowest BCUT2D eigenvalue weighted by Crippen LogP contribution is -2.39. The highest BCUT2D eigenvalue weighted by Gasteiger charge is 2.32. The first-order valence-electron chi connectivity index (χ1n) is 6.10. The number of hydrogen-bond acceptors (Lipinski definition) is 5. The molecule has 0 saturated heterocycles. The molecule has 98 valence electrons. The number of nitrogens with zero attached hydrogens (tertiary/aromatic N) is 3. The molecule has 0 spiro atoms. The van der Waals surface area contributed by atoms with Crippen LogP contribution in [0.15, 0.2) is 12.4 Å². The zero-order valence-corrected chi connectivity index (χ0v) is 10.6. The minimum absolute atomic E-state index is 0.0916. The number of nitrogens with one attached hydrogen (secondary N) is 1. The third-order valence-electron chi connectivity index (χ3n) is 3.37. The summed E-state index contributed by atoms with van der Waals surface area (Å²) in [4.78, 5) is 10.2. The Morgan fingerprint density at radius 3 is 2.61 bits per heavy atom. The first-order chi connectivity index (χ1) is 8.50. The van der Waals surface area contributed by atoms with Gasteiger partial charge in [0.05, 0.1) is 18.0 Å². The zero-order chi connectivity index (χ0) is 13.2. The van der Waals surface area contributed by atoms with Crippen molar-refractivity contribution in [1.82, 2.24) is 9.97 Å². The smallest absolute Gasteiger partial charge is 0.146 e. The molecule has 4 N–H and O–H groups in total. The highest BCUT2D eigenvalue weighted by molar-refractivity contribution is 5.92. The van der Waals surface area contributed by atoms with Gasteiger partial charge in [0.2, 0.25) is 0 Å². The molecule has 1 saturated carbocycles. The Balaban J connectivity index is 2.04. The van der Waals surface area contributed by atoms with Gasteiger partial charge in [-0.05, 0) is 12.8 Å². The van der Waals surface area contributed by atoms with Crippen LogP contribution in [0.4, 0.5) is 5.82 Å². The van der Waals surface area contributed by atoms with E-state index in [-0.39, 0.29) is 5.84 Å². The van der Waals surface area contributed by atoms with Crippen LogP contribution in [0.3, 0.4) is 0 Å². The Labute approximate surface area is 106 Å². The molecule has 1 heterocycles. The van der Waals surface area contributed by atoms with Crippen molar-refractivity contribution in [3.8, 4) is 0 Å². The maximum atomic E-state index is 10.3. The molecule has 0 aromatic carbocycles. The standard InChI is InChI=1S/C12H19N5O/c1-17(8-12(18)4-2-3-5-12)10-7-15-9(6-16-10)11(13)14/h6-7,18H,2-5,8H2,1H3,(H3,13,14). The molecule has 0 radical (unpaired) electrons. The maximum absolute atomic E-state index is 10.3. The van der Waals surface area contributed by atoms with Crippen LogP contribution >= 0.6 is 0 Å². The zero-order valence-electron chi connectivity index (χ0n) is 10.6. The van der Waals surface area contributed by atoms with Crippen LogP contribution in [-0.4, -0.2) is 40.1 Å². The molecule has 1 aliphatic rings. The summed E-state index contributed by atoms with van der Waals surface area (Å²) in [6.45, 7) is 0.557. The number of anilines is 1. The molecule has 2 rings (SSSR count). The summed E-state index contributed by atoms with van der Waals surface area (Å²) in [6, 6.07) is 0. The van der Waals surface area contributed by atoms with Crippen molar-refractivity contribution in [2.24, 2.45) is 5.73 Å². The number of amidine groups is 1. The molecule has 1 aromatic heterocycles. The molecule has 0 unspecified atom stereocenters. The molecular weight excluding hydrogens is 230 g/mol. The predicted molar refractivity (Wildman–Crippen MR) is 69.7 cm³/mol. The second-order valence-electron chi connectivity index (χ2n) is 4.96.